The van der Waals surface area contributed by atoms with Gasteiger partial charge in [-0.05, 0) is 30.0 Å². The van der Waals surface area contributed by atoms with E-state index in [1.54, 1.807) is 12.0 Å². The van der Waals surface area contributed by atoms with Crippen LogP contribution < -0.4 is 4.74 Å². The Bertz CT molecular complexity index is 602. The summed E-state index contributed by atoms with van der Waals surface area (Å²) in [6.07, 6.45) is 0.742. The Morgan fingerprint density at radius 1 is 1.43 bits per heavy atom. The van der Waals surface area contributed by atoms with Gasteiger partial charge < -0.3 is 19.5 Å². The van der Waals surface area contributed by atoms with Crippen LogP contribution in [0.15, 0.2) is 24.3 Å². The third-order valence-electron chi connectivity index (χ3n) is 4.55. The number of methoxy groups -OCH3 is 1. The molecule has 124 valence electrons. The number of hydrogen-bond acceptors (Lipinski definition) is 4. The van der Waals surface area contributed by atoms with E-state index in [4.69, 9.17) is 14.6 Å². The highest BCUT2D eigenvalue weighted by molar-refractivity contribution is 5.84. The monoisotopic (exact) mass is 319 g/mol. The highest BCUT2D eigenvalue weighted by Crippen LogP contribution is 2.49. The zero-order valence-corrected chi connectivity index (χ0v) is 13.1. The molecule has 2 fully saturated rings. The molecule has 0 aromatic heterocycles. The summed E-state index contributed by atoms with van der Waals surface area (Å²) in [6.45, 7) is 1.24. The minimum absolute atomic E-state index is 0.0485. The van der Waals surface area contributed by atoms with E-state index in [1.807, 2.05) is 24.3 Å². The Hall–Kier alpha value is -2.08. The summed E-state index contributed by atoms with van der Waals surface area (Å²) in [4.78, 5) is 25.4. The molecule has 6 nitrogen and oxygen atoms in total. The summed E-state index contributed by atoms with van der Waals surface area (Å²) in [7, 11) is 1.62. The first-order chi connectivity index (χ1) is 11.1. The van der Waals surface area contributed by atoms with Gasteiger partial charge in [-0.3, -0.25) is 9.59 Å². The highest BCUT2D eigenvalue weighted by Gasteiger charge is 2.47. The predicted molar refractivity (Wildman–Crippen MR) is 82.4 cm³/mol. The van der Waals surface area contributed by atoms with E-state index in [0.29, 0.717) is 19.8 Å². The maximum absolute atomic E-state index is 12.7. The lowest BCUT2D eigenvalue weighted by atomic mass is 10.1. The van der Waals surface area contributed by atoms with Crippen LogP contribution in [0.4, 0.5) is 0 Å². The first-order valence-corrected chi connectivity index (χ1v) is 7.84. The molecular weight excluding hydrogens is 298 g/mol. The van der Waals surface area contributed by atoms with E-state index >= 15 is 0 Å². The molecule has 2 aliphatic rings. The minimum Gasteiger partial charge on any atom is -0.497 e. The largest absolute Gasteiger partial charge is 0.497 e. The van der Waals surface area contributed by atoms with Crippen molar-refractivity contribution in [1.82, 2.24) is 4.90 Å². The maximum atomic E-state index is 12.7. The highest BCUT2D eigenvalue weighted by atomic mass is 16.5. The van der Waals surface area contributed by atoms with Crippen molar-refractivity contribution in [1.29, 1.82) is 0 Å². The van der Waals surface area contributed by atoms with Crippen LogP contribution in [0.5, 0.6) is 5.75 Å². The number of carbonyl (C=O) groups is 2. The van der Waals surface area contributed by atoms with Gasteiger partial charge in [0.15, 0.2) is 0 Å². The minimum atomic E-state index is -0.904. The number of nitrogens with zero attached hydrogens (tertiary/aromatic N) is 1. The summed E-state index contributed by atoms with van der Waals surface area (Å²) >= 11 is 0. The van der Waals surface area contributed by atoms with E-state index in [2.05, 4.69) is 0 Å². The van der Waals surface area contributed by atoms with Gasteiger partial charge in [0.1, 0.15) is 5.75 Å². The Balaban J connectivity index is 1.67. The molecule has 1 aliphatic carbocycles. The number of morpholine rings is 1. The molecule has 1 N–H and O–H groups in total. The molecule has 0 radical (unpaired) electrons. The van der Waals surface area contributed by atoms with E-state index in [-0.39, 0.29) is 30.2 Å². The van der Waals surface area contributed by atoms with Gasteiger partial charge in [-0.2, -0.15) is 0 Å². The number of carboxylic acids is 1. The van der Waals surface area contributed by atoms with Crippen LogP contribution in [0.1, 0.15) is 24.3 Å². The second-order valence-electron chi connectivity index (χ2n) is 6.08. The van der Waals surface area contributed by atoms with E-state index in [9.17, 15) is 9.59 Å². The molecule has 1 saturated carbocycles. The second-order valence-corrected chi connectivity index (χ2v) is 6.08. The van der Waals surface area contributed by atoms with Crippen LogP contribution in [-0.4, -0.2) is 54.8 Å². The average Bonchev–Trinajstić information content (AvgIpc) is 3.35. The van der Waals surface area contributed by atoms with Crippen molar-refractivity contribution in [3.8, 4) is 5.75 Å². The van der Waals surface area contributed by atoms with Crippen LogP contribution in [0, 0.1) is 5.92 Å². The molecule has 0 bridgehead atoms. The van der Waals surface area contributed by atoms with Crippen molar-refractivity contribution in [2.45, 2.75) is 24.8 Å². The molecule has 3 unspecified atom stereocenters. The fourth-order valence-electron chi connectivity index (χ4n) is 3.24. The SMILES string of the molecule is COc1cccc(C2CC2C(=O)N2CCOCC2CC(=O)O)c1. The first kappa shape index (κ1) is 15.8. The summed E-state index contributed by atoms with van der Waals surface area (Å²) in [5.74, 6) is 0.0731. The molecule has 3 rings (SSSR count). The molecular formula is C17H21NO5. The Morgan fingerprint density at radius 2 is 2.26 bits per heavy atom. The zero-order chi connectivity index (χ0) is 16.4. The Labute approximate surface area is 135 Å². The molecule has 1 amide bonds. The fourth-order valence-corrected chi connectivity index (χ4v) is 3.24. The standard InChI is InChI=1S/C17H21NO5/c1-22-13-4-2-3-11(7-13)14-9-15(14)17(21)18-5-6-23-10-12(18)8-16(19)20/h2-4,7,12,14-15H,5-6,8-10H2,1H3,(H,19,20). The molecule has 1 aromatic carbocycles. The molecule has 1 saturated heterocycles. The number of benzene rings is 1. The number of carbonyl (C=O) groups excluding carboxylic acids is 1. The fraction of sp³-hybridized carbons (Fsp3) is 0.529. The number of amides is 1. The number of hydrogen-bond donors (Lipinski definition) is 1. The number of carboxylic acid groups (broad SMARTS) is 1. The van der Waals surface area contributed by atoms with Crippen LogP contribution in [0.3, 0.4) is 0 Å². The van der Waals surface area contributed by atoms with Crippen molar-refractivity contribution >= 4 is 11.9 Å². The zero-order valence-electron chi connectivity index (χ0n) is 13.1. The summed E-state index contributed by atoms with van der Waals surface area (Å²) in [5.41, 5.74) is 1.10. The third kappa shape index (κ3) is 3.47. The van der Waals surface area contributed by atoms with Gasteiger partial charge in [-0.1, -0.05) is 12.1 Å². The average molecular weight is 319 g/mol. The molecule has 0 spiro atoms. The summed E-state index contributed by atoms with van der Waals surface area (Å²) in [6, 6.07) is 7.42. The van der Waals surface area contributed by atoms with Gasteiger partial charge >= 0.3 is 5.97 Å². The molecule has 6 heteroatoms. The summed E-state index contributed by atoms with van der Waals surface area (Å²) < 4.78 is 10.6. The van der Waals surface area contributed by atoms with Crippen LogP contribution >= 0.6 is 0 Å². The van der Waals surface area contributed by atoms with E-state index in [1.165, 1.54) is 0 Å². The van der Waals surface area contributed by atoms with Gasteiger partial charge in [0, 0.05) is 12.5 Å². The first-order valence-electron chi connectivity index (χ1n) is 7.84. The Kier molecular flexibility index (Phi) is 4.52. The van der Waals surface area contributed by atoms with Crippen LogP contribution in [-0.2, 0) is 14.3 Å². The topological polar surface area (TPSA) is 76.1 Å². The summed E-state index contributed by atoms with van der Waals surface area (Å²) in [5, 5.41) is 9.00. The van der Waals surface area contributed by atoms with Gasteiger partial charge in [-0.25, -0.2) is 0 Å². The van der Waals surface area contributed by atoms with Crippen molar-refractivity contribution in [2.24, 2.45) is 5.92 Å². The van der Waals surface area contributed by atoms with Gasteiger partial charge in [0.05, 0.1) is 32.8 Å². The van der Waals surface area contributed by atoms with Crippen molar-refractivity contribution in [3.05, 3.63) is 29.8 Å². The second kappa shape index (κ2) is 6.58. The van der Waals surface area contributed by atoms with Crippen molar-refractivity contribution < 1.29 is 24.2 Å². The molecule has 3 atom stereocenters. The van der Waals surface area contributed by atoms with Gasteiger partial charge in [-0.15, -0.1) is 0 Å². The molecule has 23 heavy (non-hydrogen) atoms. The van der Waals surface area contributed by atoms with Crippen molar-refractivity contribution in [3.63, 3.8) is 0 Å². The molecule has 1 heterocycles. The van der Waals surface area contributed by atoms with Crippen LogP contribution in [0.2, 0.25) is 0 Å². The maximum Gasteiger partial charge on any atom is 0.305 e. The quantitative estimate of drug-likeness (QED) is 0.890. The third-order valence-corrected chi connectivity index (χ3v) is 4.55. The predicted octanol–water partition coefficient (Wildman–Crippen LogP) is 1.50. The lowest BCUT2D eigenvalue weighted by Gasteiger charge is -2.35. The van der Waals surface area contributed by atoms with E-state index in [0.717, 1.165) is 17.7 Å². The van der Waals surface area contributed by atoms with Crippen molar-refractivity contribution in [2.75, 3.05) is 26.9 Å². The lowest BCUT2D eigenvalue weighted by molar-refractivity contribution is -0.147. The lowest BCUT2D eigenvalue weighted by Crippen LogP contribution is -2.50. The number of rotatable bonds is 5. The normalized spacial score (nSPS) is 26.7. The van der Waals surface area contributed by atoms with Gasteiger partial charge in [0.2, 0.25) is 5.91 Å². The smallest absolute Gasteiger partial charge is 0.305 e. The molecule has 1 aliphatic heterocycles. The Morgan fingerprint density at radius 3 is 3.00 bits per heavy atom. The molecule has 1 aromatic rings. The number of ether oxygens (including phenoxy) is 2. The van der Waals surface area contributed by atoms with Gasteiger partial charge in [0.25, 0.3) is 0 Å². The van der Waals surface area contributed by atoms with E-state index < -0.39 is 5.97 Å². The number of aliphatic carboxylic acids is 1. The van der Waals surface area contributed by atoms with Crippen LogP contribution in [0.25, 0.3) is 0 Å².